The molecule has 1 N–H and O–H groups in total. The Labute approximate surface area is 219 Å². The number of carbonyl (C=O) groups excluding carboxylic acids is 1. The molecule has 0 aromatic rings. The van der Waals surface area contributed by atoms with E-state index in [0.29, 0.717) is 39.4 Å². The van der Waals surface area contributed by atoms with Gasteiger partial charge in [-0.2, -0.15) is 0 Å². The Balaban J connectivity index is 1.35. The summed E-state index contributed by atoms with van der Waals surface area (Å²) in [4.78, 5) is 16.6. The lowest BCUT2D eigenvalue weighted by Crippen LogP contribution is -2.60. The number of allylic oxidation sites excluding steroid dienone is 2. The van der Waals surface area contributed by atoms with Crippen molar-refractivity contribution in [1.82, 2.24) is 4.90 Å². The van der Waals surface area contributed by atoms with Gasteiger partial charge in [-0.15, -0.1) is 0 Å². The van der Waals surface area contributed by atoms with E-state index in [1.807, 2.05) is 0 Å². The molecule has 2 spiro atoms. The average molecular weight is 494 g/mol. The number of fused-ring (bicyclic) bond motifs is 4. The van der Waals surface area contributed by atoms with Gasteiger partial charge in [0.05, 0.1) is 11.5 Å². The Hall–Kier alpha value is -0.830. The van der Waals surface area contributed by atoms with Crippen LogP contribution in [0.4, 0.5) is 0 Å². The Morgan fingerprint density at radius 2 is 1.61 bits per heavy atom. The van der Waals surface area contributed by atoms with Gasteiger partial charge in [0, 0.05) is 13.1 Å². The molecule has 6 aliphatic carbocycles. The minimum Gasteiger partial charge on any atom is -0.393 e. The molecule has 200 valence electrons. The van der Waals surface area contributed by atoms with Gasteiger partial charge >= 0.3 is 0 Å². The van der Waals surface area contributed by atoms with E-state index in [9.17, 15) is 9.90 Å². The van der Waals surface area contributed by atoms with E-state index in [0.717, 1.165) is 32.4 Å². The predicted molar refractivity (Wildman–Crippen MR) is 144 cm³/mol. The third-order valence-electron chi connectivity index (χ3n) is 15.3. The fourth-order valence-electron chi connectivity index (χ4n) is 13.3. The molecule has 7 rings (SSSR count). The Kier molecular flexibility index (Phi) is 4.60. The highest BCUT2D eigenvalue weighted by atomic mass is 16.3. The molecule has 5 saturated carbocycles. The van der Waals surface area contributed by atoms with Gasteiger partial charge < -0.3 is 10.0 Å². The summed E-state index contributed by atoms with van der Waals surface area (Å²) >= 11 is 0. The van der Waals surface area contributed by atoms with E-state index in [1.165, 1.54) is 57.8 Å². The lowest BCUT2D eigenvalue weighted by atomic mass is 9.39. The molecule has 1 heterocycles. The Bertz CT molecular complexity index is 1040. The highest BCUT2D eigenvalue weighted by Gasteiger charge is 2.94. The summed E-state index contributed by atoms with van der Waals surface area (Å²) in [7, 11) is 0. The van der Waals surface area contributed by atoms with Gasteiger partial charge in [-0.1, -0.05) is 53.2 Å². The van der Waals surface area contributed by atoms with Crippen LogP contribution in [0.2, 0.25) is 0 Å². The van der Waals surface area contributed by atoms with Crippen LogP contribution in [-0.4, -0.2) is 35.1 Å². The lowest BCUT2D eigenvalue weighted by molar-refractivity contribution is -0.157. The fourth-order valence-corrected chi connectivity index (χ4v) is 13.3. The third kappa shape index (κ3) is 2.26. The number of rotatable bonds is 1. The van der Waals surface area contributed by atoms with E-state index >= 15 is 0 Å². The van der Waals surface area contributed by atoms with Crippen molar-refractivity contribution in [3.05, 3.63) is 11.6 Å². The summed E-state index contributed by atoms with van der Waals surface area (Å²) in [5, 5.41) is 11.1. The predicted octanol–water partition coefficient (Wildman–Crippen LogP) is 7.14. The van der Waals surface area contributed by atoms with Crippen molar-refractivity contribution in [3.8, 4) is 0 Å². The van der Waals surface area contributed by atoms with Crippen molar-refractivity contribution in [3.63, 3.8) is 0 Å². The molecule has 6 fully saturated rings. The van der Waals surface area contributed by atoms with Gasteiger partial charge in [0.2, 0.25) is 5.91 Å². The molecule has 7 aliphatic rings. The number of hydrogen-bond acceptors (Lipinski definition) is 2. The Morgan fingerprint density at radius 3 is 2.33 bits per heavy atom. The average Bonchev–Trinajstić information content (AvgIpc) is 3.23. The quantitative estimate of drug-likeness (QED) is 0.395. The number of aliphatic hydroxyl groups excluding tert-OH is 1. The third-order valence-corrected chi connectivity index (χ3v) is 15.3. The summed E-state index contributed by atoms with van der Waals surface area (Å²) in [6, 6.07) is 0. The Morgan fingerprint density at radius 1 is 0.917 bits per heavy atom. The molecule has 36 heavy (non-hydrogen) atoms. The van der Waals surface area contributed by atoms with Crippen LogP contribution in [0.25, 0.3) is 0 Å². The van der Waals surface area contributed by atoms with Crippen molar-refractivity contribution in [1.29, 1.82) is 0 Å². The van der Waals surface area contributed by atoms with E-state index in [2.05, 4.69) is 52.5 Å². The SMILES string of the molecule is CC1C(O)CCC2(C)C13CCC1(C)C23CC=C2C3CC(C)(C)CCC3(C(=O)N3CCCC3)CC[C@]21C. The molecular weight excluding hydrogens is 442 g/mol. The van der Waals surface area contributed by atoms with Crippen molar-refractivity contribution >= 4 is 5.91 Å². The van der Waals surface area contributed by atoms with Gasteiger partial charge in [-0.3, -0.25) is 4.79 Å². The zero-order valence-corrected chi connectivity index (χ0v) is 24.0. The van der Waals surface area contributed by atoms with Gasteiger partial charge in [0.1, 0.15) is 0 Å². The maximum atomic E-state index is 14.3. The van der Waals surface area contributed by atoms with Gasteiger partial charge in [0.15, 0.2) is 0 Å². The van der Waals surface area contributed by atoms with E-state index in [4.69, 9.17) is 0 Å². The van der Waals surface area contributed by atoms with Crippen LogP contribution in [0.1, 0.15) is 119 Å². The van der Waals surface area contributed by atoms with Crippen molar-refractivity contribution in [2.24, 2.45) is 49.7 Å². The first-order valence-corrected chi connectivity index (χ1v) is 15.5. The lowest BCUT2D eigenvalue weighted by Gasteiger charge is -2.65. The molecule has 3 nitrogen and oxygen atoms in total. The standard InChI is InChI=1S/C33H51NO2/c1-22-25(35)10-11-30(6)32(22)18-15-29(5)28(4)14-17-31(26(36)34-19-7-8-20-34)16-13-27(2,3)21-24(31)23(28)9-12-33(29,30)32/h9,22,24-25,35H,7-8,10-21H2,1-6H3/t22?,24?,25?,28-,29?,30?,31?,32?,33?/m1/s1. The van der Waals surface area contributed by atoms with Crippen LogP contribution in [-0.2, 0) is 4.79 Å². The van der Waals surface area contributed by atoms with Crippen molar-refractivity contribution in [2.75, 3.05) is 13.1 Å². The number of hydrogen-bond donors (Lipinski definition) is 1. The summed E-state index contributed by atoms with van der Waals surface area (Å²) in [5.74, 6) is 1.33. The molecule has 0 bridgehead atoms. The summed E-state index contributed by atoms with van der Waals surface area (Å²) in [6.45, 7) is 17.2. The summed E-state index contributed by atoms with van der Waals surface area (Å²) in [6.07, 6.45) is 16.6. The maximum absolute atomic E-state index is 14.3. The first kappa shape index (κ1) is 24.2. The van der Waals surface area contributed by atoms with Crippen LogP contribution in [0.5, 0.6) is 0 Å². The van der Waals surface area contributed by atoms with Crippen LogP contribution in [0.3, 0.4) is 0 Å². The van der Waals surface area contributed by atoms with Crippen LogP contribution in [0.15, 0.2) is 11.6 Å². The second-order valence-corrected chi connectivity index (χ2v) is 16.2. The molecule has 0 aromatic carbocycles. The van der Waals surface area contributed by atoms with Crippen molar-refractivity contribution in [2.45, 2.75) is 125 Å². The summed E-state index contributed by atoms with van der Waals surface area (Å²) in [5.41, 5.74) is 3.28. The smallest absolute Gasteiger partial charge is 0.229 e. The molecule has 8 unspecified atom stereocenters. The molecule has 1 amide bonds. The van der Waals surface area contributed by atoms with Gasteiger partial charge in [-0.25, -0.2) is 0 Å². The minimum absolute atomic E-state index is 0.130. The second kappa shape index (κ2) is 6.83. The maximum Gasteiger partial charge on any atom is 0.229 e. The molecule has 1 aliphatic heterocycles. The van der Waals surface area contributed by atoms with Crippen molar-refractivity contribution < 1.29 is 9.90 Å². The zero-order valence-electron chi connectivity index (χ0n) is 24.0. The minimum atomic E-state index is -0.161. The van der Waals surface area contributed by atoms with Gasteiger partial charge in [-0.05, 0) is 121 Å². The normalized spacial score (nSPS) is 56.6. The highest BCUT2D eigenvalue weighted by molar-refractivity contribution is 5.84. The number of likely N-dealkylation sites (tertiary alicyclic amines) is 1. The first-order valence-electron chi connectivity index (χ1n) is 15.5. The van der Waals surface area contributed by atoms with E-state index in [-0.39, 0.29) is 22.3 Å². The fraction of sp³-hybridized carbons (Fsp3) is 0.909. The van der Waals surface area contributed by atoms with Crippen LogP contribution < -0.4 is 0 Å². The largest absolute Gasteiger partial charge is 0.393 e. The monoisotopic (exact) mass is 493 g/mol. The molecular formula is C33H51NO2. The molecule has 3 heteroatoms. The molecule has 1 saturated heterocycles. The number of nitrogens with zero attached hydrogens (tertiary/aromatic N) is 1. The van der Waals surface area contributed by atoms with Gasteiger partial charge in [0.25, 0.3) is 0 Å². The molecule has 9 atom stereocenters. The first-order chi connectivity index (χ1) is 16.9. The van der Waals surface area contributed by atoms with Crippen LogP contribution in [0, 0.1) is 49.7 Å². The highest BCUT2D eigenvalue weighted by Crippen LogP contribution is 2.99. The topological polar surface area (TPSA) is 40.5 Å². The number of amides is 1. The second-order valence-electron chi connectivity index (χ2n) is 16.2. The molecule has 0 aromatic heterocycles. The summed E-state index contributed by atoms with van der Waals surface area (Å²) < 4.78 is 0. The van der Waals surface area contributed by atoms with E-state index in [1.54, 1.807) is 5.57 Å². The van der Waals surface area contributed by atoms with E-state index < -0.39 is 0 Å². The number of carbonyl (C=O) groups is 1. The van der Waals surface area contributed by atoms with Crippen LogP contribution >= 0.6 is 0 Å². The molecule has 0 radical (unpaired) electrons. The number of aliphatic hydroxyl groups is 1. The zero-order chi connectivity index (χ0) is 25.6.